The van der Waals surface area contributed by atoms with Gasteiger partial charge in [0.2, 0.25) is 5.91 Å². The van der Waals surface area contributed by atoms with Crippen LogP contribution < -0.4 is 5.32 Å². The molecule has 1 aliphatic rings. The van der Waals surface area contributed by atoms with Gasteiger partial charge in [-0.25, -0.2) is 9.78 Å². The van der Waals surface area contributed by atoms with E-state index in [-0.39, 0.29) is 5.91 Å². The quantitative estimate of drug-likeness (QED) is 0.223. The number of aryl methyl sites for hydroxylation is 1. The average molecular weight is 608 g/mol. The summed E-state index contributed by atoms with van der Waals surface area (Å²) < 4.78 is 0. The minimum Gasteiger partial charge on any atom is -0.481 e. The second kappa shape index (κ2) is 16.2. The van der Waals surface area contributed by atoms with E-state index in [1.54, 1.807) is 11.3 Å². The standard InChI is InChI=1S/C22H33N5OS.C6H8O7/c1-17-6-5-7-18(14-17)23-22-24-19(16-29-22)15-21(28)27(13-12-25(2)3)20-8-10-26(4)11-9-20;7-3(8)1-6(13,5(11)12)2-4(9)10/h5-7,14,16,20H,8-13,15H2,1-4H3,(H,23,24);13H,1-2H2,(H,7,8)(H,9,10)(H,11,12). The molecule has 1 saturated heterocycles. The lowest BCUT2D eigenvalue weighted by Gasteiger charge is -2.38. The number of nitrogens with one attached hydrogen (secondary N) is 1. The molecule has 0 atom stereocenters. The van der Waals surface area contributed by atoms with Crippen LogP contribution in [0.2, 0.25) is 0 Å². The van der Waals surface area contributed by atoms with Gasteiger partial charge in [-0.05, 0) is 71.7 Å². The number of carbonyl (C=O) groups excluding carboxylic acids is 1. The smallest absolute Gasteiger partial charge is 0.336 e. The summed E-state index contributed by atoms with van der Waals surface area (Å²) in [7, 11) is 6.27. The highest BCUT2D eigenvalue weighted by Crippen LogP contribution is 2.23. The van der Waals surface area contributed by atoms with E-state index in [0.29, 0.717) is 12.5 Å². The van der Waals surface area contributed by atoms with Crippen molar-refractivity contribution in [1.82, 2.24) is 19.7 Å². The first-order valence-electron chi connectivity index (χ1n) is 13.5. The molecule has 1 amide bonds. The van der Waals surface area contributed by atoms with E-state index in [9.17, 15) is 19.2 Å². The summed E-state index contributed by atoms with van der Waals surface area (Å²) in [6.07, 6.45) is 0.175. The van der Waals surface area contributed by atoms with Crippen LogP contribution in [0, 0.1) is 6.92 Å². The fourth-order valence-electron chi connectivity index (χ4n) is 4.39. The van der Waals surface area contributed by atoms with E-state index >= 15 is 0 Å². The number of likely N-dealkylation sites (N-methyl/N-ethyl adjacent to an activating group) is 1. The van der Waals surface area contributed by atoms with Crippen molar-refractivity contribution in [2.75, 3.05) is 52.6 Å². The molecule has 0 spiro atoms. The zero-order valence-electron chi connectivity index (χ0n) is 24.4. The minimum absolute atomic E-state index is 0.189. The van der Waals surface area contributed by atoms with Crippen LogP contribution in [0.5, 0.6) is 0 Å². The Balaban J connectivity index is 0.000000401. The van der Waals surface area contributed by atoms with Gasteiger partial charge in [0.25, 0.3) is 0 Å². The molecule has 0 aliphatic carbocycles. The van der Waals surface area contributed by atoms with Crippen molar-refractivity contribution < 1.29 is 39.6 Å². The second-order valence-electron chi connectivity index (χ2n) is 10.7. The first kappa shape index (κ1) is 34.6. The molecule has 0 radical (unpaired) electrons. The van der Waals surface area contributed by atoms with Crippen molar-refractivity contribution in [1.29, 1.82) is 0 Å². The van der Waals surface area contributed by atoms with Gasteiger partial charge in [0.1, 0.15) is 0 Å². The topological polar surface area (TPSA) is 184 Å². The number of amides is 1. The number of benzene rings is 1. The summed E-state index contributed by atoms with van der Waals surface area (Å²) in [5.41, 5.74) is 0.336. The third kappa shape index (κ3) is 11.7. The number of anilines is 2. The lowest BCUT2D eigenvalue weighted by molar-refractivity contribution is -0.170. The predicted octanol–water partition coefficient (Wildman–Crippen LogP) is 1.97. The number of carboxylic acid groups (broad SMARTS) is 3. The zero-order chi connectivity index (χ0) is 31.4. The van der Waals surface area contributed by atoms with E-state index < -0.39 is 36.4 Å². The number of aliphatic hydroxyl groups is 1. The normalized spacial score (nSPS) is 14.1. The van der Waals surface area contributed by atoms with Gasteiger partial charge in [-0.1, -0.05) is 12.1 Å². The van der Waals surface area contributed by atoms with E-state index in [4.69, 9.17) is 20.4 Å². The fraction of sp³-hybridized carbons (Fsp3) is 0.536. The van der Waals surface area contributed by atoms with Gasteiger partial charge in [-0.15, -0.1) is 11.3 Å². The molecule has 14 heteroatoms. The van der Waals surface area contributed by atoms with Crippen LogP contribution in [-0.4, -0.2) is 123 Å². The van der Waals surface area contributed by atoms with Crippen molar-refractivity contribution in [3.63, 3.8) is 0 Å². The molecule has 1 aromatic heterocycles. The number of piperidine rings is 1. The SMILES string of the molecule is Cc1cccc(Nc2nc(CC(=O)N(CCN(C)C)C3CCN(C)CC3)cs2)c1.O=C(O)CC(O)(CC(=O)O)C(=O)O. The van der Waals surface area contributed by atoms with E-state index in [0.717, 1.165) is 55.5 Å². The highest BCUT2D eigenvalue weighted by atomic mass is 32.1. The van der Waals surface area contributed by atoms with Crippen LogP contribution in [-0.2, 0) is 25.6 Å². The Morgan fingerprint density at radius 2 is 1.69 bits per heavy atom. The summed E-state index contributed by atoms with van der Waals surface area (Å²) >= 11 is 1.55. The maximum atomic E-state index is 13.2. The molecule has 3 rings (SSSR count). The van der Waals surface area contributed by atoms with Gasteiger partial charge in [-0.3, -0.25) is 14.4 Å². The van der Waals surface area contributed by atoms with Crippen molar-refractivity contribution >= 4 is 46.0 Å². The van der Waals surface area contributed by atoms with Crippen LogP contribution in [0.15, 0.2) is 29.6 Å². The molecule has 0 bridgehead atoms. The van der Waals surface area contributed by atoms with Gasteiger partial charge >= 0.3 is 17.9 Å². The van der Waals surface area contributed by atoms with Crippen molar-refractivity contribution in [3.05, 3.63) is 40.9 Å². The van der Waals surface area contributed by atoms with E-state index in [2.05, 4.69) is 65.2 Å². The Kier molecular flexibility index (Phi) is 13.3. The number of hydrogen-bond acceptors (Lipinski definition) is 10. The molecule has 0 saturated carbocycles. The Hall–Kier alpha value is -3.59. The molecular weight excluding hydrogens is 566 g/mol. The second-order valence-corrected chi connectivity index (χ2v) is 11.6. The highest BCUT2D eigenvalue weighted by Gasteiger charge is 2.40. The summed E-state index contributed by atoms with van der Waals surface area (Å²) in [6.45, 7) is 5.84. The maximum absolute atomic E-state index is 13.2. The van der Waals surface area contributed by atoms with Crippen molar-refractivity contribution in [3.8, 4) is 0 Å². The average Bonchev–Trinajstić information content (AvgIpc) is 3.30. The van der Waals surface area contributed by atoms with Crippen molar-refractivity contribution in [2.24, 2.45) is 0 Å². The molecule has 1 fully saturated rings. The number of carbonyl (C=O) groups is 4. The maximum Gasteiger partial charge on any atom is 0.336 e. The molecule has 5 N–H and O–H groups in total. The first-order chi connectivity index (χ1) is 19.7. The molecule has 2 heterocycles. The van der Waals surface area contributed by atoms with Crippen LogP contribution in [0.3, 0.4) is 0 Å². The molecule has 13 nitrogen and oxygen atoms in total. The predicted molar refractivity (Wildman–Crippen MR) is 158 cm³/mol. The number of carboxylic acids is 3. The van der Waals surface area contributed by atoms with Crippen LogP contribution in [0.4, 0.5) is 10.8 Å². The number of nitrogens with zero attached hydrogens (tertiary/aromatic N) is 4. The largest absolute Gasteiger partial charge is 0.481 e. The van der Waals surface area contributed by atoms with Gasteiger partial charge in [0.15, 0.2) is 10.7 Å². The lowest BCUT2D eigenvalue weighted by Crippen LogP contribution is -2.49. The van der Waals surface area contributed by atoms with E-state index in [1.807, 2.05) is 17.5 Å². The van der Waals surface area contributed by atoms with Crippen LogP contribution in [0.25, 0.3) is 0 Å². The Morgan fingerprint density at radius 1 is 1.07 bits per heavy atom. The molecule has 42 heavy (non-hydrogen) atoms. The van der Waals surface area contributed by atoms with Gasteiger partial charge in [0, 0.05) is 30.2 Å². The van der Waals surface area contributed by atoms with Gasteiger partial charge < -0.3 is 40.4 Å². The number of hydrogen-bond donors (Lipinski definition) is 5. The Labute approximate surface area is 249 Å². The summed E-state index contributed by atoms with van der Waals surface area (Å²) in [5.74, 6) is -4.83. The molecule has 1 aliphatic heterocycles. The third-order valence-corrected chi connectivity index (χ3v) is 7.48. The zero-order valence-corrected chi connectivity index (χ0v) is 25.3. The number of aliphatic carboxylic acids is 3. The summed E-state index contributed by atoms with van der Waals surface area (Å²) in [5, 5.41) is 40.0. The molecule has 232 valence electrons. The molecule has 1 aromatic carbocycles. The van der Waals surface area contributed by atoms with Crippen LogP contribution in [0.1, 0.15) is 36.9 Å². The Bertz CT molecular complexity index is 1200. The molecular formula is C28H41N5O8S. The number of aromatic nitrogens is 1. The summed E-state index contributed by atoms with van der Waals surface area (Å²) in [6, 6.07) is 8.56. The molecule has 0 unspecified atom stereocenters. The summed E-state index contributed by atoms with van der Waals surface area (Å²) in [4.78, 5) is 54.9. The monoisotopic (exact) mass is 607 g/mol. The fourth-order valence-corrected chi connectivity index (χ4v) is 5.12. The van der Waals surface area contributed by atoms with Crippen molar-refractivity contribution in [2.45, 2.75) is 50.7 Å². The number of likely N-dealkylation sites (tertiary alicyclic amines) is 1. The number of rotatable bonds is 13. The molecule has 2 aromatic rings. The minimum atomic E-state index is -2.74. The van der Waals surface area contributed by atoms with E-state index in [1.165, 1.54) is 5.56 Å². The number of thiazole rings is 1. The highest BCUT2D eigenvalue weighted by molar-refractivity contribution is 7.13. The third-order valence-electron chi connectivity index (χ3n) is 6.68. The van der Waals surface area contributed by atoms with Crippen LogP contribution >= 0.6 is 11.3 Å². The first-order valence-corrected chi connectivity index (χ1v) is 14.4. The lowest BCUT2D eigenvalue weighted by atomic mass is 9.96. The van der Waals surface area contributed by atoms with Gasteiger partial charge in [-0.2, -0.15) is 0 Å². The Morgan fingerprint density at radius 3 is 2.21 bits per heavy atom. The van der Waals surface area contributed by atoms with Gasteiger partial charge in [0.05, 0.1) is 25.0 Å².